The Morgan fingerprint density at radius 3 is 2.05 bits per heavy atom. The van der Waals surface area contributed by atoms with E-state index in [4.69, 9.17) is 69.6 Å². The summed E-state index contributed by atoms with van der Waals surface area (Å²) >= 11 is 36.6. The fraction of sp³-hybridized carbons (Fsp3) is 0.167. The van der Waals surface area contributed by atoms with Gasteiger partial charge in [0.2, 0.25) is 5.91 Å². The molecule has 0 radical (unpaired) electrons. The molecule has 1 saturated carbocycles. The van der Waals surface area contributed by atoms with Crippen molar-refractivity contribution in [1.82, 2.24) is 5.43 Å². The first-order chi connectivity index (χ1) is 17.7. The Morgan fingerprint density at radius 1 is 0.816 bits per heavy atom. The molecule has 1 fully saturated rings. The average Bonchev–Trinajstić information content (AvgIpc) is 3.40. The minimum Gasteiger partial charge on any atom is -0.326 e. The van der Waals surface area contributed by atoms with Crippen LogP contribution in [0.5, 0.6) is 0 Å². The van der Waals surface area contributed by atoms with Crippen molar-refractivity contribution in [1.29, 1.82) is 0 Å². The number of hydrogen-bond donors (Lipinski definition) is 3. The topological polar surface area (TPSA) is 70.2 Å². The summed E-state index contributed by atoms with van der Waals surface area (Å²) in [4.78, 5) is 25.7. The van der Waals surface area contributed by atoms with Gasteiger partial charge in [-0.05, 0) is 60.2 Å². The van der Waals surface area contributed by atoms with Crippen LogP contribution in [0.2, 0.25) is 20.1 Å². The third-order valence-electron chi connectivity index (χ3n) is 5.65. The molecule has 38 heavy (non-hydrogen) atoms. The minimum atomic E-state index is -4.68. The smallest absolute Gasteiger partial charge is 0.326 e. The van der Waals surface area contributed by atoms with Crippen LogP contribution in [-0.4, -0.2) is 16.1 Å². The highest BCUT2D eigenvalue weighted by atomic mass is 35.5. The maximum absolute atomic E-state index is 13.1. The van der Waals surface area contributed by atoms with Gasteiger partial charge in [-0.2, -0.15) is 13.2 Å². The van der Waals surface area contributed by atoms with Crippen LogP contribution in [0, 0.1) is 5.92 Å². The van der Waals surface area contributed by atoms with Crippen LogP contribution in [0.1, 0.15) is 27.4 Å². The molecule has 4 rings (SSSR count). The Kier molecular flexibility index (Phi) is 8.25. The fourth-order valence-corrected chi connectivity index (χ4v) is 5.64. The number of amides is 2. The van der Waals surface area contributed by atoms with Gasteiger partial charge in [-0.3, -0.25) is 20.4 Å². The molecule has 2 atom stereocenters. The van der Waals surface area contributed by atoms with Crippen LogP contribution >= 0.6 is 69.6 Å². The van der Waals surface area contributed by atoms with Crippen molar-refractivity contribution >= 4 is 92.8 Å². The zero-order valence-corrected chi connectivity index (χ0v) is 23.1. The number of carbonyl (C=O) groups is 2. The fourth-order valence-electron chi connectivity index (χ4n) is 3.84. The summed E-state index contributed by atoms with van der Waals surface area (Å²) in [5.74, 6) is -2.73. The second-order valence-corrected chi connectivity index (χ2v) is 11.4. The van der Waals surface area contributed by atoms with E-state index in [2.05, 4.69) is 16.2 Å². The second kappa shape index (κ2) is 10.8. The molecule has 5 nitrogen and oxygen atoms in total. The van der Waals surface area contributed by atoms with E-state index in [0.29, 0.717) is 15.6 Å². The number of hydrazine groups is 1. The van der Waals surface area contributed by atoms with E-state index in [1.165, 1.54) is 30.3 Å². The number of halogens is 9. The first kappa shape index (κ1) is 28.9. The van der Waals surface area contributed by atoms with Gasteiger partial charge in [0.15, 0.2) is 0 Å². The Balaban J connectivity index is 1.46. The molecule has 3 aromatic rings. The molecule has 3 N–H and O–H groups in total. The summed E-state index contributed by atoms with van der Waals surface area (Å²) in [5.41, 5.74) is 4.21. The highest BCUT2D eigenvalue weighted by Crippen LogP contribution is 2.65. The van der Waals surface area contributed by atoms with Crippen molar-refractivity contribution < 1.29 is 22.8 Å². The maximum Gasteiger partial charge on any atom is 0.417 e. The molecule has 0 unspecified atom stereocenters. The summed E-state index contributed by atoms with van der Waals surface area (Å²) in [7, 11) is 0. The minimum absolute atomic E-state index is 0.0243. The lowest BCUT2D eigenvalue weighted by Crippen LogP contribution is -2.30. The van der Waals surface area contributed by atoms with Crippen LogP contribution in [0.25, 0.3) is 0 Å². The number of nitrogens with one attached hydrogen (secondary N) is 3. The zero-order chi connectivity index (χ0) is 28.0. The summed E-state index contributed by atoms with van der Waals surface area (Å²) < 4.78 is 37.8. The highest BCUT2D eigenvalue weighted by Gasteiger charge is 2.67. The van der Waals surface area contributed by atoms with Gasteiger partial charge in [-0.1, -0.05) is 46.4 Å². The third-order valence-corrected chi connectivity index (χ3v) is 7.69. The number of hydrogen-bond acceptors (Lipinski definition) is 3. The van der Waals surface area contributed by atoms with Crippen LogP contribution in [0.4, 0.5) is 24.5 Å². The van der Waals surface area contributed by atoms with Crippen molar-refractivity contribution in [3.05, 3.63) is 91.4 Å². The van der Waals surface area contributed by atoms with Crippen LogP contribution in [-0.2, 0) is 11.0 Å². The van der Waals surface area contributed by atoms with Gasteiger partial charge in [0.05, 0.1) is 32.8 Å². The van der Waals surface area contributed by atoms with Crippen LogP contribution < -0.4 is 16.2 Å². The van der Waals surface area contributed by atoms with Crippen LogP contribution in [0.3, 0.4) is 0 Å². The van der Waals surface area contributed by atoms with Gasteiger partial charge in [-0.15, -0.1) is 23.2 Å². The van der Waals surface area contributed by atoms with E-state index in [0.717, 1.165) is 12.1 Å². The molecule has 1 aliphatic rings. The van der Waals surface area contributed by atoms with Gasteiger partial charge in [-0.25, -0.2) is 0 Å². The van der Waals surface area contributed by atoms with Gasteiger partial charge in [0, 0.05) is 21.7 Å². The van der Waals surface area contributed by atoms with Crippen molar-refractivity contribution in [3.63, 3.8) is 0 Å². The molecule has 0 saturated heterocycles. The molecule has 0 aromatic heterocycles. The highest BCUT2D eigenvalue weighted by molar-refractivity contribution is 6.53. The molecule has 14 heteroatoms. The maximum atomic E-state index is 13.1. The van der Waals surface area contributed by atoms with Crippen molar-refractivity contribution in [2.45, 2.75) is 16.4 Å². The quantitative estimate of drug-likeness (QED) is 0.186. The van der Waals surface area contributed by atoms with Crippen molar-refractivity contribution in [2.24, 2.45) is 5.92 Å². The Bertz CT molecular complexity index is 1410. The molecule has 0 aliphatic heterocycles. The first-order valence-electron chi connectivity index (χ1n) is 10.6. The second-order valence-electron chi connectivity index (χ2n) is 8.29. The molecule has 1 aliphatic carbocycles. The Morgan fingerprint density at radius 2 is 1.42 bits per heavy atom. The monoisotopic (exact) mass is 643 g/mol. The standard InChI is InChI=1S/C24H14Cl6F3N3O2/c25-11-5-10(6-12(26)7-11)19-20(23(19,29)30)22(38)34-13-1-3-17(27)15(8-13)21(37)36-35-14-2-4-18(28)16(9-14)24(31,32)33/h1-9,19-20,35H,(H,34,38)(H,36,37)/t19-,20+/m0/s1. The molecular formula is C24H14Cl6F3N3O2. The SMILES string of the molecule is O=C(NNc1ccc(Cl)c(C(F)(F)F)c1)c1cc(NC(=O)[C@H]2[C@H](c3cc(Cl)cc(Cl)c3)C2(Cl)Cl)ccc1Cl. The van der Waals surface area contributed by atoms with E-state index in [9.17, 15) is 22.8 Å². The molecule has 0 heterocycles. The normalized spacial score (nSPS) is 18.0. The number of benzene rings is 3. The van der Waals surface area contributed by atoms with Gasteiger partial charge in [0.1, 0.15) is 4.33 Å². The summed E-state index contributed by atoms with van der Waals surface area (Å²) in [6.07, 6.45) is -4.68. The van der Waals surface area contributed by atoms with E-state index in [1.54, 1.807) is 12.1 Å². The number of anilines is 2. The van der Waals surface area contributed by atoms with Crippen molar-refractivity contribution in [3.8, 4) is 0 Å². The first-order valence-corrected chi connectivity index (χ1v) is 12.8. The predicted molar refractivity (Wildman–Crippen MR) is 145 cm³/mol. The van der Waals surface area contributed by atoms with E-state index < -0.39 is 44.7 Å². The van der Waals surface area contributed by atoms with Crippen LogP contribution in [0.15, 0.2) is 54.6 Å². The van der Waals surface area contributed by atoms with Gasteiger partial charge < -0.3 is 5.32 Å². The molecule has 0 spiro atoms. The lowest BCUT2D eigenvalue weighted by Gasteiger charge is -2.14. The molecule has 200 valence electrons. The van der Waals surface area contributed by atoms with Gasteiger partial charge >= 0.3 is 6.18 Å². The zero-order valence-electron chi connectivity index (χ0n) is 18.6. The number of rotatable bonds is 6. The predicted octanol–water partition coefficient (Wildman–Crippen LogP) is 8.60. The largest absolute Gasteiger partial charge is 0.417 e. The lowest BCUT2D eigenvalue weighted by molar-refractivity contribution is -0.137. The molecule has 3 aromatic carbocycles. The van der Waals surface area contributed by atoms with E-state index in [-0.39, 0.29) is 22.0 Å². The summed E-state index contributed by atoms with van der Waals surface area (Å²) in [6, 6.07) is 11.9. The number of alkyl halides is 5. The Hall–Kier alpha value is -2.07. The lowest BCUT2D eigenvalue weighted by atomic mass is 10.1. The average molecular weight is 646 g/mol. The molecular weight excluding hydrogens is 632 g/mol. The van der Waals surface area contributed by atoms with Gasteiger partial charge in [0.25, 0.3) is 5.91 Å². The molecule has 0 bridgehead atoms. The van der Waals surface area contributed by atoms with Crippen molar-refractivity contribution in [2.75, 3.05) is 10.7 Å². The molecule has 2 amide bonds. The van der Waals surface area contributed by atoms with E-state index >= 15 is 0 Å². The third kappa shape index (κ3) is 6.22. The van der Waals surface area contributed by atoms with E-state index in [1.807, 2.05) is 0 Å². The Labute approximate surface area is 244 Å². The summed E-state index contributed by atoms with van der Waals surface area (Å²) in [6.45, 7) is 0. The number of carbonyl (C=O) groups excluding carboxylic acids is 2. The summed E-state index contributed by atoms with van der Waals surface area (Å²) in [5, 5.41) is 2.89.